The minimum Gasteiger partial charge on any atom is -0.383 e. The molecule has 10 heteroatoms. The van der Waals surface area contributed by atoms with Crippen molar-refractivity contribution in [2.24, 2.45) is 0 Å². The number of hydrogen-bond acceptors (Lipinski definition) is 6. The molecule has 7 nitrogen and oxygen atoms in total. The zero-order valence-corrected chi connectivity index (χ0v) is 17.0. The lowest BCUT2D eigenvalue weighted by atomic mass is 10.1. The first-order valence-corrected chi connectivity index (χ1v) is 10.7. The molecule has 0 unspecified atom stereocenters. The number of nitrogens with two attached hydrogens (primary N) is 1. The summed E-state index contributed by atoms with van der Waals surface area (Å²) in [7, 11) is -3.74. The van der Waals surface area contributed by atoms with Crippen LogP contribution in [0.15, 0.2) is 47.6 Å². The maximum Gasteiger partial charge on any atom is 0.249 e. The van der Waals surface area contributed by atoms with Crippen LogP contribution >= 0.6 is 11.6 Å². The van der Waals surface area contributed by atoms with E-state index in [0.29, 0.717) is 16.6 Å². The van der Waals surface area contributed by atoms with Crippen LogP contribution in [0.3, 0.4) is 0 Å². The fourth-order valence-electron chi connectivity index (χ4n) is 2.97. The quantitative estimate of drug-likeness (QED) is 0.497. The SMILES string of the molecule is Cc1cccc(-n2nc3nc(S(C)(=O)=O)nc(-c4ccc(F)c(Cl)c4)c3c2N)c1. The molecular formula is C19H15ClFN5O2S. The topological polar surface area (TPSA) is 104 Å². The summed E-state index contributed by atoms with van der Waals surface area (Å²) in [5.74, 6) is -0.381. The first kappa shape index (κ1) is 19.3. The third kappa shape index (κ3) is 3.43. The fourth-order valence-corrected chi connectivity index (χ4v) is 3.66. The summed E-state index contributed by atoms with van der Waals surface area (Å²) < 4.78 is 39.3. The fraction of sp³-hybridized carbons (Fsp3) is 0.105. The van der Waals surface area contributed by atoms with Crippen LogP contribution in [-0.2, 0) is 9.84 Å². The molecule has 0 aliphatic carbocycles. The van der Waals surface area contributed by atoms with E-state index in [-0.39, 0.29) is 22.2 Å². The second-order valence-corrected chi connectivity index (χ2v) is 8.91. The first-order valence-electron chi connectivity index (χ1n) is 8.44. The number of aryl methyl sites for hydroxylation is 1. The van der Waals surface area contributed by atoms with E-state index in [2.05, 4.69) is 15.1 Å². The average molecular weight is 432 g/mol. The number of fused-ring (bicyclic) bond motifs is 1. The highest BCUT2D eigenvalue weighted by Crippen LogP contribution is 2.34. The van der Waals surface area contributed by atoms with E-state index in [9.17, 15) is 12.8 Å². The van der Waals surface area contributed by atoms with Crippen LogP contribution < -0.4 is 5.73 Å². The number of nitrogens with zero attached hydrogens (tertiary/aromatic N) is 4. The van der Waals surface area contributed by atoms with Crippen molar-refractivity contribution in [2.45, 2.75) is 12.1 Å². The number of aromatic nitrogens is 4. The second-order valence-electron chi connectivity index (χ2n) is 6.59. The van der Waals surface area contributed by atoms with E-state index in [1.807, 2.05) is 31.2 Å². The van der Waals surface area contributed by atoms with Gasteiger partial charge < -0.3 is 5.73 Å². The van der Waals surface area contributed by atoms with Crippen molar-refractivity contribution < 1.29 is 12.8 Å². The van der Waals surface area contributed by atoms with Gasteiger partial charge in [-0.05, 0) is 42.8 Å². The Labute approximate surface area is 170 Å². The maximum atomic E-state index is 13.6. The summed E-state index contributed by atoms with van der Waals surface area (Å²) in [6, 6.07) is 11.4. The van der Waals surface area contributed by atoms with Crippen molar-refractivity contribution in [1.82, 2.24) is 19.7 Å². The van der Waals surface area contributed by atoms with Crippen molar-refractivity contribution in [1.29, 1.82) is 0 Å². The van der Waals surface area contributed by atoms with Crippen LogP contribution in [0, 0.1) is 12.7 Å². The standard InChI is InChI=1S/C19H15ClFN5O2S/c1-10-4-3-5-12(8-10)26-17(22)15-16(11-6-7-14(21)13(20)9-11)23-19(29(2,27)28)24-18(15)25-26/h3-9H,22H2,1-2H3. The van der Waals surface area contributed by atoms with E-state index in [1.54, 1.807) is 0 Å². The third-order valence-electron chi connectivity index (χ3n) is 4.32. The molecule has 0 saturated carbocycles. The second kappa shape index (κ2) is 6.78. The molecule has 2 N–H and O–H groups in total. The largest absolute Gasteiger partial charge is 0.383 e. The lowest BCUT2D eigenvalue weighted by Gasteiger charge is -2.07. The highest BCUT2D eigenvalue weighted by molar-refractivity contribution is 7.90. The highest BCUT2D eigenvalue weighted by Gasteiger charge is 2.23. The number of hydrogen-bond donors (Lipinski definition) is 1. The molecule has 4 aromatic rings. The van der Waals surface area contributed by atoms with Crippen molar-refractivity contribution in [3.05, 3.63) is 58.9 Å². The third-order valence-corrected chi connectivity index (χ3v) is 5.45. The molecule has 0 spiro atoms. The van der Waals surface area contributed by atoms with Gasteiger partial charge in [0.1, 0.15) is 11.6 Å². The molecule has 2 heterocycles. The average Bonchev–Trinajstić information content (AvgIpc) is 2.99. The Kier molecular flexibility index (Phi) is 4.51. The highest BCUT2D eigenvalue weighted by atomic mass is 35.5. The number of sulfone groups is 1. The number of rotatable bonds is 3. The number of anilines is 1. The van der Waals surface area contributed by atoms with Gasteiger partial charge >= 0.3 is 0 Å². The molecule has 0 aliphatic rings. The van der Waals surface area contributed by atoms with Crippen LogP contribution in [-0.4, -0.2) is 34.4 Å². The maximum absolute atomic E-state index is 13.6. The van der Waals surface area contributed by atoms with Gasteiger partial charge in [0.15, 0.2) is 5.65 Å². The van der Waals surface area contributed by atoms with Gasteiger partial charge in [0.05, 0.1) is 21.8 Å². The predicted molar refractivity (Wildman–Crippen MR) is 109 cm³/mol. The minimum absolute atomic E-state index is 0.106. The Morgan fingerprint density at radius 3 is 2.55 bits per heavy atom. The summed E-state index contributed by atoms with van der Waals surface area (Å²) in [5.41, 5.74) is 8.73. The molecule has 2 aromatic carbocycles. The Morgan fingerprint density at radius 1 is 1.14 bits per heavy atom. The first-order chi connectivity index (χ1) is 13.6. The summed E-state index contributed by atoms with van der Waals surface area (Å²) in [6.45, 7) is 1.93. The molecule has 0 atom stereocenters. The number of nitrogen functional groups attached to an aromatic ring is 1. The van der Waals surface area contributed by atoms with Gasteiger partial charge in [-0.15, -0.1) is 5.10 Å². The van der Waals surface area contributed by atoms with Gasteiger partial charge in [-0.1, -0.05) is 23.7 Å². The Bertz CT molecular complexity index is 1390. The molecule has 4 rings (SSSR count). The molecular weight excluding hydrogens is 417 g/mol. The number of benzene rings is 2. The normalized spacial score (nSPS) is 11.9. The van der Waals surface area contributed by atoms with Gasteiger partial charge in [-0.25, -0.2) is 22.5 Å². The van der Waals surface area contributed by atoms with Crippen molar-refractivity contribution >= 4 is 38.3 Å². The lowest BCUT2D eigenvalue weighted by Crippen LogP contribution is -2.06. The van der Waals surface area contributed by atoms with Crippen LogP contribution in [0.1, 0.15) is 5.56 Å². The molecule has 0 aliphatic heterocycles. The predicted octanol–water partition coefficient (Wildman–Crippen LogP) is 3.57. The molecule has 0 amide bonds. The number of halogens is 2. The zero-order valence-electron chi connectivity index (χ0n) is 15.4. The van der Waals surface area contributed by atoms with E-state index in [4.69, 9.17) is 17.3 Å². The minimum atomic E-state index is -3.74. The van der Waals surface area contributed by atoms with Gasteiger partial charge in [0.2, 0.25) is 15.0 Å². The van der Waals surface area contributed by atoms with E-state index in [0.717, 1.165) is 11.8 Å². The van der Waals surface area contributed by atoms with Crippen LogP contribution in [0.5, 0.6) is 0 Å². The summed E-state index contributed by atoms with van der Waals surface area (Å²) in [6.07, 6.45) is 0.997. The van der Waals surface area contributed by atoms with Crippen molar-refractivity contribution in [3.63, 3.8) is 0 Å². The van der Waals surface area contributed by atoms with E-state index >= 15 is 0 Å². The summed E-state index contributed by atoms with van der Waals surface area (Å²) in [5, 5.41) is 4.21. The molecule has 148 valence electrons. The molecule has 0 fully saturated rings. The lowest BCUT2D eigenvalue weighted by molar-refractivity contribution is 0.593. The molecule has 0 radical (unpaired) electrons. The van der Waals surface area contributed by atoms with Crippen LogP contribution in [0.25, 0.3) is 28.0 Å². The van der Waals surface area contributed by atoms with Gasteiger partial charge in [-0.2, -0.15) is 4.98 Å². The van der Waals surface area contributed by atoms with Crippen LogP contribution in [0.4, 0.5) is 10.2 Å². The van der Waals surface area contributed by atoms with Gasteiger partial charge in [-0.3, -0.25) is 0 Å². The van der Waals surface area contributed by atoms with E-state index in [1.165, 1.54) is 22.9 Å². The van der Waals surface area contributed by atoms with Gasteiger partial charge in [0.25, 0.3) is 0 Å². The van der Waals surface area contributed by atoms with Crippen molar-refractivity contribution in [2.75, 3.05) is 12.0 Å². The van der Waals surface area contributed by atoms with Crippen molar-refractivity contribution in [3.8, 4) is 16.9 Å². The van der Waals surface area contributed by atoms with E-state index < -0.39 is 20.8 Å². The Hall–Kier alpha value is -3.04. The Balaban J connectivity index is 2.08. The molecule has 0 bridgehead atoms. The monoisotopic (exact) mass is 431 g/mol. The Morgan fingerprint density at radius 2 is 1.90 bits per heavy atom. The van der Waals surface area contributed by atoms with Crippen LogP contribution in [0.2, 0.25) is 5.02 Å². The van der Waals surface area contributed by atoms with Gasteiger partial charge in [0, 0.05) is 11.8 Å². The molecule has 2 aromatic heterocycles. The summed E-state index contributed by atoms with van der Waals surface area (Å²) >= 11 is 5.91. The molecule has 29 heavy (non-hydrogen) atoms. The summed E-state index contributed by atoms with van der Waals surface area (Å²) in [4.78, 5) is 8.27. The smallest absolute Gasteiger partial charge is 0.249 e. The molecule has 0 saturated heterocycles. The zero-order chi connectivity index (χ0) is 20.9.